The Kier molecular flexibility index (Phi) is 2.03. The van der Waals surface area contributed by atoms with Crippen molar-refractivity contribution < 1.29 is 8.78 Å². The van der Waals surface area contributed by atoms with Crippen LogP contribution < -0.4 is 5.73 Å². The number of hydrogen-bond donors (Lipinski definition) is 1. The van der Waals surface area contributed by atoms with Gasteiger partial charge in [-0.1, -0.05) is 0 Å². The zero-order valence-corrected chi connectivity index (χ0v) is 6.01. The molecule has 4 heteroatoms. The third-order valence-corrected chi connectivity index (χ3v) is 1.37. The van der Waals surface area contributed by atoms with Gasteiger partial charge in [0.1, 0.15) is 5.69 Å². The Labute approximate surface area is 63.1 Å². The fourth-order valence-electron chi connectivity index (χ4n) is 0.713. The van der Waals surface area contributed by atoms with Gasteiger partial charge >= 0.3 is 0 Å². The minimum Gasteiger partial charge on any atom is -0.397 e. The molecule has 11 heavy (non-hydrogen) atoms. The van der Waals surface area contributed by atoms with E-state index in [1.54, 1.807) is 6.92 Å². The summed E-state index contributed by atoms with van der Waals surface area (Å²) in [5.41, 5.74) is 6.04. The van der Waals surface area contributed by atoms with Crippen LogP contribution in [0.15, 0.2) is 12.1 Å². The van der Waals surface area contributed by atoms with E-state index < -0.39 is 6.43 Å². The molecule has 1 aromatic heterocycles. The molecule has 0 aliphatic heterocycles. The van der Waals surface area contributed by atoms with E-state index in [1.165, 1.54) is 12.1 Å². The number of halogens is 2. The Morgan fingerprint density at radius 1 is 1.45 bits per heavy atom. The predicted molar refractivity (Wildman–Crippen MR) is 38.3 cm³/mol. The van der Waals surface area contributed by atoms with Gasteiger partial charge in [0.05, 0.1) is 11.4 Å². The third-order valence-electron chi connectivity index (χ3n) is 1.37. The number of anilines is 1. The quantitative estimate of drug-likeness (QED) is 0.678. The van der Waals surface area contributed by atoms with E-state index in [0.29, 0.717) is 11.4 Å². The predicted octanol–water partition coefficient (Wildman–Crippen LogP) is 1.91. The normalized spacial score (nSPS) is 10.5. The topological polar surface area (TPSA) is 38.9 Å². The number of alkyl halides is 2. The molecule has 1 rings (SSSR count). The van der Waals surface area contributed by atoms with E-state index >= 15 is 0 Å². The van der Waals surface area contributed by atoms with Crippen molar-refractivity contribution in [2.24, 2.45) is 0 Å². The molecule has 0 spiro atoms. The Morgan fingerprint density at radius 3 is 2.55 bits per heavy atom. The maximum atomic E-state index is 12.0. The highest BCUT2D eigenvalue weighted by Gasteiger charge is 2.08. The van der Waals surface area contributed by atoms with Gasteiger partial charge in [-0.05, 0) is 19.1 Å². The molecule has 0 atom stereocenters. The van der Waals surface area contributed by atoms with Crippen LogP contribution in [0.3, 0.4) is 0 Å². The Hall–Kier alpha value is -1.19. The molecule has 2 N–H and O–H groups in total. The van der Waals surface area contributed by atoms with Crippen LogP contribution in [0.25, 0.3) is 0 Å². The first-order chi connectivity index (χ1) is 5.11. The minimum atomic E-state index is -2.52. The first-order valence-electron chi connectivity index (χ1n) is 3.12. The lowest BCUT2D eigenvalue weighted by Crippen LogP contribution is -1.96. The molecule has 60 valence electrons. The second-order valence-electron chi connectivity index (χ2n) is 2.21. The second-order valence-corrected chi connectivity index (χ2v) is 2.21. The van der Waals surface area contributed by atoms with Crippen LogP contribution in [0.5, 0.6) is 0 Å². The van der Waals surface area contributed by atoms with Crippen LogP contribution in [-0.4, -0.2) is 4.98 Å². The van der Waals surface area contributed by atoms with Crippen molar-refractivity contribution in [3.8, 4) is 0 Å². The molecule has 0 radical (unpaired) electrons. The Bertz CT molecular complexity index is 261. The zero-order valence-electron chi connectivity index (χ0n) is 6.01. The van der Waals surface area contributed by atoms with E-state index in [9.17, 15) is 8.78 Å². The zero-order chi connectivity index (χ0) is 8.43. The molecule has 0 fully saturated rings. The summed E-state index contributed by atoms with van der Waals surface area (Å²) in [4.78, 5) is 3.60. The summed E-state index contributed by atoms with van der Waals surface area (Å²) in [6.45, 7) is 1.60. The lowest BCUT2D eigenvalue weighted by atomic mass is 10.3. The van der Waals surface area contributed by atoms with Crippen molar-refractivity contribution in [2.45, 2.75) is 13.3 Å². The van der Waals surface area contributed by atoms with Gasteiger partial charge in [0.2, 0.25) is 0 Å². The van der Waals surface area contributed by atoms with Gasteiger partial charge in [0.15, 0.2) is 0 Å². The Balaban J connectivity index is 3.05. The smallest absolute Gasteiger partial charge is 0.280 e. The minimum absolute atomic E-state index is 0.225. The molecule has 0 bridgehead atoms. The molecule has 1 heterocycles. The summed E-state index contributed by atoms with van der Waals surface area (Å²) in [7, 11) is 0. The molecular weight excluding hydrogens is 150 g/mol. The van der Waals surface area contributed by atoms with Gasteiger partial charge in [0, 0.05) is 0 Å². The SMILES string of the molecule is Cc1nc(C(F)F)ccc1N. The van der Waals surface area contributed by atoms with Crippen molar-refractivity contribution in [2.75, 3.05) is 5.73 Å². The van der Waals surface area contributed by atoms with Crippen LogP contribution in [0, 0.1) is 6.92 Å². The standard InChI is InChI=1S/C7H8F2N2/c1-4-5(10)2-3-6(11-4)7(8)9/h2-3,7H,10H2,1H3. The van der Waals surface area contributed by atoms with Crippen LogP contribution in [0.1, 0.15) is 17.8 Å². The van der Waals surface area contributed by atoms with Crippen molar-refractivity contribution in [1.82, 2.24) is 4.98 Å². The molecule has 2 nitrogen and oxygen atoms in total. The number of hydrogen-bond acceptors (Lipinski definition) is 2. The fourth-order valence-corrected chi connectivity index (χ4v) is 0.713. The van der Waals surface area contributed by atoms with Crippen LogP contribution in [0.4, 0.5) is 14.5 Å². The third kappa shape index (κ3) is 1.63. The van der Waals surface area contributed by atoms with Crippen molar-refractivity contribution in [3.63, 3.8) is 0 Å². The molecule has 0 aromatic carbocycles. The summed E-state index contributed by atoms with van der Waals surface area (Å²) < 4.78 is 24.0. The van der Waals surface area contributed by atoms with Gasteiger partial charge in [-0.3, -0.25) is 4.98 Å². The van der Waals surface area contributed by atoms with Crippen molar-refractivity contribution >= 4 is 5.69 Å². The number of nitrogens with zero attached hydrogens (tertiary/aromatic N) is 1. The Morgan fingerprint density at radius 2 is 2.09 bits per heavy atom. The first-order valence-corrected chi connectivity index (χ1v) is 3.12. The van der Waals surface area contributed by atoms with Crippen LogP contribution >= 0.6 is 0 Å². The number of rotatable bonds is 1. The second kappa shape index (κ2) is 2.82. The summed E-state index contributed by atoms with van der Waals surface area (Å²) in [6, 6.07) is 2.66. The van der Waals surface area contributed by atoms with Crippen molar-refractivity contribution in [1.29, 1.82) is 0 Å². The van der Waals surface area contributed by atoms with Crippen molar-refractivity contribution in [3.05, 3.63) is 23.5 Å². The molecule has 1 aromatic rings. The van der Waals surface area contributed by atoms with Crippen LogP contribution in [-0.2, 0) is 0 Å². The van der Waals surface area contributed by atoms with Gasteiger partial charge in [-0.25, -0.2) is 8.78 Å². The lowest BCUT2D eigenvalue weighted by Gasteiger charge is -2.01. The average Bonchev–Trinajstić information content (AvgIpc) is 1.94. The fraction of sp³-hybridized carbons (Fsp3) is 0.286. The van der Waals surface area contributed by atoms with E-state index in [1.807, 2.05) is 0 Å². The first kappa shape index (κ1) is 7.91. The van der Waals surface area contributed by atoms with Gasteiger partial charge < -0.3 is 5.73 Å². The van der Waals surface area contributed by atoms with E-state index in [0.717, 1.165) is 0 Å². The number of nitrogens with two attached hydrogens (primary N) is 1. The molecular formula is C7H8F2N2. The highest BCUT2D eigenvalue weighted by atomic mass is 19.3. The van der Waals surface area contributed by atoms with Crippen LogP contribution in [0.2, 0.25) is 0 Å². The number of pyridine rings is 1. The molecule has 0 amide bonds. The molecule has 0 saturated carbocycles. The highest BCUT2D eigenvalue weighted by Crippen LogP contribution is 2.18. The number of nitrogen functional groups attached to an aromatic ring is 1. The van der Waals surface area contributed by atoms with E-state index in [4.69, 9.17) is 5.73 Å². The summed E-state index contributed by atoms with van der Waals surface area (Å²) in [5, 5.41) is 0. The van der Waals surface area contributed by atoms with E-state index in [-0.39, 0.29) is 5.69 Å². The summed E-state index contributed by atoms with van der Waals surface area (Å²) in [5.74, 6) is 0. The summed E-state index contributed by atoms with van der Waals surface area (Å²) in [6.07, 6.45) is -2.52. The maximum absolute atomic E-state index is 12.0. The lowest BCUT2D eigenvalue weighted by molar-refractivity contribution is 0.146. The maximum Gasteiger partial charge on any atom is 0.280 e. The monoisotopic (exact) mass is 158 g/mol. The number of aryl methyl sites for hydroxylation is 1. The van der Waals surface area contributed by atoms with Gasteiger partial charge in [-0.2, -0.15) is 0 Å². The largest absolute Gasteiger partial charge is 0.397 e. The highest BCUT2D eigenvalue weighted by molar-refractivity contribution is 5.42. The van der Waals surface area contributed by atoms with Gasteiger partial charge in [-0.15, -0.1) is 0 Å². The molecule has 0 aliphatic carbocycles. The molecule has 0 unspecified atom stereocenters. The van der Waals surface area contributed by atoms with E-state index in [2.05, 4.69) is 4.98 Å². The molecule has 0 saturated heterocycles. The molecule has 0 aliphatic rings. The van der Waals surface area contributed by atoms with Gasteiger partial charge in [0.25, 0.3) is 6.43 Å². The number of aromatic nitrogens is 1. The summed E-state index contributed by atoms with van der Waals surface area (Å²) >= 11 is 0. The average molecular weight is 158 g/mol.